The smallest absolute Gasteiger partial charge is 0.275 e. The maximum atomic E-state index is 14.4. The summed E-state index contributed by atoms with van der Waals surface area (Å²) in [5.74, 6) is -0.649. The van der Waals surface area contributed by atoms with Gasteiger partial charge in [0.15, 0.2) is 0 Å². The van der Waals surface area contributed by atoms with E-state index in [0.717, 1.165) is 151 Å². The fourth-order valence-corrected chi connectivity index (χ4v) is 21.4. The molecule has 0 spiro atoms. The lowest BCUT2D eigenvalue weighted by molar-refractivity contribution is -0.385. The van der Waals surface area contributed by atoms with E-state index in [1.807, 2.05) is 165 Å². The van der Waals surface area contributed by atoms with Crippen molar-refractivity contribution in [3.05, 3.63) is 490 Å². The topological polar surface area (TPSA) is 326 Å². The predicted octanol–water partition coefficient (Wildman–Crippen LogP) is 27.5. The zero-order chi connectivity index (χ0) is 97.3. The number of hydrogen-bond acceptors (Lipinski definition) is 17. The fraction of sp³-hybridized carbons (Fsp3) is 0.0672. The number of fused-ring (bicyclic) bond motifs is 12. The molecule has 6 aliphatic rings. The average molecular weight is 1900 g/mol. The van der Waals surface area contributed by atoms with Crippen LogP contribution < -0.4 is 31.9 Å². The molecule has 145 heavy (non-hydrogen) atoms. The van der Waals surface area contributed by atoms with Gasteiger partial charge in [-0.1, -0.05) is 181 Å². The molecule has 6 aliphatic heterocycles. The summed E-state index contributed by atoms with van der Waals surface area (Å²) >= 11 is 0. The molecule has 26 heteroatoms. The highest BCUT2D eigenvalue weighted by Crippen LogP contribution is 2.52. The van der Waals surface area contributed by atoms with Crippen molar-refractivity contribution in [3.63, 3.8) is 0 Å². The molecule has 12 N–H and O–H groups in total. The molecular formula is C119H88F2N22O2. The number of benzene rings is 9. The van der Waals surface area contributed by atoms with Crippen molar-refractivity contribution >= 4 is 106 Å². The van der Waals surface area contributed by atoms with Crippen molar-refractivity contribution in [2.24, 2.45) is 0 Å². The molecule has 700 valence electrons. The van der Waals surface area contributed by atoms with E-state index in [4.69, 9.17) is 0 Å². The highest BCUT2D eigenvalue weighted by Gasteiger charge is 2.36. The Morgan fingerprint density at radius 2 is 0.586 bits per heavy atom. The summed E-state index contributed by atoms with van der Waals surface area (Å²) in [6.07, 6.45) is 30.0. The van der Waals surface area contributed by atoms with Crippen LogP contribution in [0.3, 0.4) is 0 Å². The summed E-state index contributed by atoms with van der Waals surface area (Å²) in [5, 5.41) is 39.9. The first-order chi connectivity index (χ1) is 71.4. The second-order valence-electron chi connectivity index (χ2n) is 36.4. The van der Waals surface area contributed by atoms with E-state index in [1.165, 1.54) is 83.6 Å². The Bertz CT molecular complexity index is 8960. The third-order valence-corrected chi connectivity index (χ3v) is 28.0. The Kier molecular flexibility index (Phi) is 22.1. The summed E-state index contributed by atoms with van der Waals surface area (Å²) < 4.78 is 28.6. The van der Waals surface area contributed by atoms with E-state index in [0.29, 0.717) is 16.7 Å². The van der Waals surface area contributed by atoms with Crippen LogP contribution >= 0.6 is 0 Å². The van der Waals surface area contributed by atoms with Gasteiger partial charge in [-0.05, 0) is 179 Å². The quantitative estimate of drug-likeness (QED) is 0.0401. The minimum absolute atomic E-state index is 0.00319. The van der Waals surface area contributed by atoms with Crippen LogP contribution in [0.1, 0.15) is 114 Å². The number of nitrogens with one attached hydrogen (secondary N) is 12. The molecule has 15 aromatic heterocycles. The van der Waals surface area contributed by atoms with Crippen LogP contribution in [0, 0.1) is 35.7 Å². The minimum Gasteiger partial charge on any atom is -0.374 e. The van der Waals surface area contributed by atoms with Gasteiger partial charge in [0.05, 0.1) is 52.4 Å². The monoisotopic (exact) mass is 1890 g/mol. The van der Waals surface area contributed by atoms with Crippen LogP contribution in [0.5, 0.6) is 0 Å². The molecule has 0 amide bonds. The van der Waals surface area contributed by atoms with Crippen LogP contribution in [0.25, 0.3) is 133 Å². The lowest BCUT2D eigenvalue weighted by Gasteiger charge is -2.20. The van der Waals surface area contributed by atoms with Gasteiger partial charge >= 0.3 is 0 Å². The number of nitro benzene ring substituents is 1. The number of para-hydroxylation sites is 7. The lowest BCUT2D eigenvalue weighted by Crippen LogP contribution is -2.13. The van der Waals surface area contributed by atoms with Crippen molar-refractivity contribution in [2.75, 3.05) is 31.9 Å². The van der Waals surface area contributed by atoms with Crippen molar-refractivity contribution in [1.82, 2.24) is 74.8 Å². The van der Waals surface area contributed by atoms with Gasteiger partial charge in [-0.25, -0.2) is 39.3 Å². The summed E-state index contributed by atoms with van der Waals surface area (Å²) in [4.78, 5) is 70.3. The molecular weight excluding hydrogens is 1810 g/mol. The molecule has 24 aromatic rings. The Morgan fingerprint density at radius 3 is 0.959 bits per heavy atom. The Labute approximate surface area is 828 Å². The lowest BCUT2D eigenvalue weighted by atomic mass is 9.96. The number of aryl methyl sites for hydroxylation is 2. The highest BCUT2D eigenvalue weighted by atomic mass is 19.1. The zero-order valence-electron chi connectivity index (χ0n) is 78.0. The van der Waals surface area contributed by atoms with Crippen LogP contribution in [-0.4, -0.2) is 79.7 Å². The molecule has 0 fully saturated rings. The van der Waals surface area contributed by atoms with Crippen LogP contribution in [0.15, 0.2) is 390 Å². The molecule has 0 radical (unpaired) electrons. The van der Waals surface area contributed by atoms with E-state index >= 15 is 0 Å². The first-order valence-electron chi connectivity index (χ1n) is 47.8. The van der Waals surface area contributed by atoms with Gasteiger partial charge in [0.1, 0.15) is 39.7 Å². The van der Waals surface area contributed by atoms with Gasteiger partial charge in [-0.15, -0.1) is 0 Å². The van der Waals surface area contributed by atoms with Gasteiger partial charge in [-0.3, -0.25) is 20.1 Å². The Morgan fingerprint density at radius 1 is 0.262 bits per heavy atom. The third-order valence-electron chi connectivity index (χ3n) is 28.0. The molecule has 24 nitrogen and oxygen atoms in total. The first-order valence-corrected chi connectivity index (χ1v) is 47.8. The molecule has 6 unspecified atom stereocenters. The van der Waals surface area contributed by atoms with E-state index in [1.54, 1.807) is 61.9 Å². The summed E-state index contributed by atoms with van der Waals surface area (Å²) in [6, 6.07) is 95.8. The number of anilines is 6. The fourth-order valence-electron chi connectivity index (χ4n) is 21.4. The number of hydrogen-bond donors (Lipinski definition) is 12. The van der Waals surface area contributed by atoms with Gasteiger partial charge in [0, 0.05) is 244 Å². The number of nitro groups is 1. The van der Waals surface area contributed by atoms with Gasteiger partial charge in [0.2, 0.25) is 5.95 Å². The number of nitrogens with zero attached hydrogens (tertiary/aromatic N) is 10. The van der Waals surface area contributed by atoms with Crippen molar-refractivity contribution in [2.45, 2.75) is 50.1 Å². The summed E-state index contributed by atoms with van der Waals surface area (Å²) in [7, 11) is 0. The second-order valence-corrected chi connectivity index (χ2v) is 36.4. The number of aromatic amines is 6. The molecule has 21 heterocycles. The third kappa shape index (κ3) is 15.7. The highest BCUT2D eigenvalue weighted by molar-refractivity contribution is 6.07. The SMILES string of the molecule is Cc1ccc(C2Nc3ccccc3-c3ccnc4[nH]cc2c34)cc1F.Cc1cccc(C2Nc3ccccc3-c3ccnc4[nH]cc2c34)c1.Fc1ncccc1C1Nc2ccccc2-c2ccnc3[nH]cc1c23.O=[N+]([O-])c1ccccc1C1Nc2ccccc2-c2ccnc3[nH]cc1c23.c1ccc(C2Nc3ccccc3-c3ccnc4[nH]cc2c34)nc1.c1cncc(C2Nc3ccccc3-c3ccnc4[nH]cc2c34)c1. The standard InChI is InChI=1S/C21H16FN3.C21H17N3.C20H14N4O2.C19H13FN4.2C19H14N4/c1-12-6-7-13(10-17(12)22)20-16-11-24-21-19(16)15(8-9-23-21)14-4-2-3-5-18(14)25-20;1-13-5-4-6-14(11-13)20-17-12-23-21-19(17)16(9-10-22-21)15-7-2-3-8-18(15)24-20;25-24(26)17-8-4-2-6-14(17)19-15-11-22-20-18(15)13(9-10-21-20)12-5-1-3-7-16(12)23-19;20-18-13(5-3-8-21-18)17-14-10-23-19-16(14)12(7-9-22-19)11-4-1-2-6-15(11)24-17;1-2-6-16-13(5-1)14-7-9-21-19-17(14)15(11-22-19)18(23-16)12-4-3-8-20-10-12;1-2-6-15-12(5-1)13-8-10-21-19-17(13)14(11-22-19)18(23-15)16-7-3-4-9-20-16/h2-11,20,25H,1H3,(H,23,24);2-12,20,24H,1H3,(H,22,23);1-11,19,23H,(H,21,22);1-10,17,24H,(H,22,23);2*1-11,18,23H,(H,21,22). The molecule has 0 saturated carbocycles. The summed E-state index contributed by atoms with van der Waals surface area (Å²) in [6.45, 7) is 3.92. The predicted molar refractivity (Wildman–Crippen MR) is 570 cm³/mol. The van der Waals surface area contributed by atoms with Gasteiger partial charge in [-0.2, -0.15) is 4.39 Å². The Balaban J connectivity index is 0.0000000909. The summed E-state index contributed by atoms with van der Waals surface area (Å²) in [5.41, 5.74) is 39.5. The Hall–Kier alpha value is -19.4. The van der Waals surface area contributed by atoms with Crippen molar-refractivity contribution in [3.8, 4) is 66.8 Å². The normalized spacial score (nSPS) is 15.6. The van der Waals surface area contributed by atoms with Crippen LogP contribution in [0.4, 0.5) is 48.6 Å². The van der Waals surface area contributed by atoms with E-state index in [9.17, 15) is 18.9 Å². The molecule has 9 aromatic carbocycles. The molecule has 6 atom stereocenters. The number of H-pyrrole nitrogens is 6. The number of pyridine rings is 9. The largest absolute Gasteiger partial charge is 0.374 e. The van der Waals surface area contributed by atoms with Crippen molar-refractivity contribution in [1.29, 1.82) is 0 Å². The van der Waals surface area contributed by atoms with Crippen LogP contribution in [0.2, 0.25) is 0 Å². The van der Waals surface area contributed by atoms with E-state index in [2.05, 4.69) is 278 Å². The molecule has 0 saturated heterocycles. The number of aromatic nitrogens is 15. The zero-order valence-corrected chi connectivity index (χ0v) is 78.0. The maximum absolute atomic E-state index is 14.4. The average Bonchev–Trinajstić information content (AvgIpc) is 1.87. The molecule has 30 rings (SSSR count). The van der Waals surface area contributed by atoms with Gasteiger partial charge < -0.3 is 61.8 Å². The van der Waals surface area contributed by atoms with Crippen LogP contribution in [-0.2, 0) is 0 Å². The van der Waals surface area contributed by atoms with E-state index in [-0.39, 0.29) is 52.7 Å². The minimum atomic E-state index is -0.464. The van der Waals surface area contributed by atoms with Gasteiger partial charge in [0.25, 0.3) is 5.69 Å². The number of rotatable bonds is 7. The first kappa shape index (κ1) is 87.2. The maximum Gasteiger partial charge on any atom is 0.275 e. The molecule has 0 bridgehead atoms. The van der Waals surface area contributed by atoms with Crippen molar-refractivity contribution < 1.29 is 13.7 Å². The number of halogens is 2. The second kappa shape index (κ2) is 36.8. The molecule has 0 aliphatic carbocycles. The van der Waals surface area contributed by atoms with E-state index < -0.39 is 5.95 Å².